The van der Waals surface area contributed by atoms with Crippen LogP contribution in [-0.4, -0.2) is 15.1 Å². The van der Waals surface area contributed by atoms with Crippen LogP contribution in [0.2, 0.25) is 0 Å². The van der Waals surface area contributed by atoms with E-state index in [4.69, 9.17) is 14.2 Å². The zero-order valence-corrected chi connectivity index (χ0v) is 16.2. The molecule has 2 aromatic carbocycles. The number of rotatable bonds is 6. The van der Waals surface area contributed by atoms with Gasteiger partial charge in [0.15, 0.2) is 6.10 Å². The fourth-order valence-corrected chi connectivity index (χ4v) is 4.00. The van der Waals surface area contributed by atoms with E-state index in [1.807, 2.05) is 49.4 Å². The number of hydrogen-bond donors (Lipinski definition) is 0. The Labute approximate surface area is 167 Å². The molecule has 28 heavy (non-hydrogen) atoms. The molecule has 0 bridgehead atoms. The fraction of sp³-hybridized carbons (Fsp3) is 0.227. The van der Waals surface area contributed by atoms with E-state index in [0.717, 1.165) is 22.6 Å². The van der Waals surface area contributed by atoms with Crippen molar-refractivity contribution in [2.75, 3.05) is 0 Å². The molecule has 0 aliphatic heterocycles. The topological polar surface area (TPSA) is 61.0 Å². The Balaban J connectivity index is 1.31. The molecule has 0 amide bonds. The highest BCUT2D eigenvalue weighted by Crippen LogP contribution is 2.42. The first-order chi connectivity index (χ1) is 13.8. The molecule has 140 valence electrons. The molecular weight excluding hydrogens is 370 g/mol. The SMILES string of the molecule is C[C@H](Oc1ccccc1)c1nc(-c2ccc(-c3csc(C4CC4)n3)cc2)no1. The Bertz CT molecular complexity index is 1070. The summed E-state index contributed by atoms with van der Waals surface area (Å²) in [5.41, 5.74) is 3.05. The normalized spacial score (nSPS) is 14.8. The molecule has 0 spiro atoms. The number of para-hydroxylation sites is 1. The number of nitrogens with zero attached hydrogens (tertiary/aromatic N) is 3. The van der Waals surface area contributed by atoms with Crippen LogP contribution in [0.4, 0.5) is 0 Å². The van der Waals surface area contributed by atoms with Crippen molar-refractivity contribution < 1.29 is 9.26 Å². The minimum Gasteiger partial charge on any atom is -0.481 e. The molecular formula is C22H19N3O2S. The zero-order chi connectivity index (χ0) is 18.9. The lowest BCUT2D eigenvalue weighted by Crippen LogP contribution is -2.03. The number of hydrogen-bond acceptors (Lipinski definition) is 6. The van der Waals surface area contributed by atoms with E-state index in [1.165, 1.54) is 17.8 Å². The van der Waals surface area contributed by atoms with E-state index in [9.17, 15) is 0 Å². The predicted octanol–water partition coefficient (Wildman–Crippen LogP) is 5.88. The van der Waals surface area contributed by atoms with Crippen molar-refractivity contribution in [1.29, 1.82) is 0 Å². The molecule has 5 nitrogen and oxygen atoms in total. The molecule has 1 atom stereocenters. The van der Waals surface area contributed by atoms with Crippen LogP contribution in [0.1, 0.15) is 42.7 Å². The predicted molar refractivity (Wildman–Crippen MR) is 108 cm³/mol. The van der Waals surface area contributed by atoms with E-state index in [0.29, 0.717) is 17.6 Å². The van der Waals surface area contributed by atoms with E-state index in [-0.39, 0.29) is 6.10 Å². The van der Waals surface area contributed by atoms with Gasteiger partial charge in [0, 0.05) is 22.4 Å². The van der Waals surface area contributed by atoms with Gasteiger partial charge in [-0.25, -0.2) is 4.98 Å². The van der Waals surface area contributed by atoms with Gasteiger partial charge in [-0.15, -0.1) is 11.3 Å². The molecule has 2 aromatic heterocycles. The summed E-state index contributed by atoms with van der Waals surface area (Å²) >= 11 is 1.76. The Morgan fingerprint density at radius 1 is 1.00 bits per heavy atom. The number of ether oxygens (including phenoxy) is 1. The largest absolute Gasteiger partial charge is 0.481 e. The van der Waals surface area contributed by atoms with Crippen molar-refractivity contribution in [1.82, 2.24) is 15.1 Å². The summed E-state index contributed by atoms with van der Waals surface area (Å²) in [5.74, 6) is 2.47. The van der Waals surface area contributed by atoms with Crippen LogP contribution in [0.3, 0.4) is 0 Å². The lowest BCUT2D eigenvalue weighted by atomic mass is 10.1. The van der Waals surface area contributed by atoms with Gasteiger partial charge in [-0.05, 0) is 31.9 Å². The Morgan fingerprint density at radius 3 is 2.50 bits per heavy atom. The lowest BCUT2D eigenvalue weighted by Gasteiger charge is -2.09. The highest BCUT2D eigenvalue weighted by Gasteiger charge is 2.26. The van der Waals surface area contributed by atoms with Crippen molar-refractivity contribution in [2.45, 2.75) is 31.8 Å². The molecule has 6 heteroatoms. The van der Waals surface area contributed by atoms with Crippen LogP contribution in [0, 0.1) is 0 Å². The molecule has 5 rings (SSSR count). The van der Waals surface area contributed by atoms with Crippen molar-refractivity contribution >= 4 is 11.3 Å². The van der Waals surface area contributed by atoms with Gasteiger partial charge >= 0.3 is 0 Å². The molecule has 4 aromatic rings. The average molecular weight is 389 g/mol. The van der Waals surface area contributed by atoms with Crippen molar-refractivity contribution in [3.05, 3.63) is 70.9 Å². The van der Waals surface area contributed by atoms with Gasteiger partial charge in [-0.2, -0.15) is 4.98 Å². The molecule has 2 heterocycles. The Hall–Kier alpha value is -2.99. The summed E-state index contributed by atoms with van der Waals surface area (Å²) in [6, 6.07) is 17.7. The third-order valence-electron chi connectivity index (χ3n) is 4.73. The summed E-state index contributed by atoms with van der Waals surface area (Å²) in [5, 5.41) is 7.50. The average Bonchev–Trinajstić information content (AvgIpc) is 3.26. The summed E-state index contributed by atoms with van der Waals surface area (Å²) in [4.78, 5) is 9.26. The van der Waals surface area contributed by atoms with Crippen molar-refractivity contribution in [2.24, 2.45) is 0 Å². The Morgan fingerprint density at radius 2 is 1.75 bits per heavy atom. The second-order valence-electron chi connectivity index (χ2n) is 6.95. The first-order valence-electron chi connectivity index (χ1n) is 9.38. The summed E-state index contributed by atoms with van der Waals surface area (Å²) in [6.07, 6.45) is 2.23. The number of thiazole rings is 1. The molecule has 1 fully saturated rings. The van der Waals surface area contributed by atoms with E-state index in [2.05, 4.69) is 27.7 Å². The maximum absolute atomic E-state index is 5.85. The first kappa shape index (κ1) is 17.1. The van der Waals surface area contributed by atoms with Gasteiger partial charge in [0.05, 0.1) is 10.7 Å². The molecule has 0 radical (unpaired) electrons. The van der Waals surface area contributed by atoms with Crippen LogP contribution in [-0.2, 0) is 0 Å². The molecule has 1 aliphatic rings. The molecule has 0 N–H and O–H groups in total. The monoisotopic (exact) mass is 389 g/mol. The summed E-state index contributed by atoms with van der Waals surface area (Å²) in [7, 11) is 0. The smallest absolute Gasteiger partial charge is 0.267 e. The van der Waals surface area contributed by atoms with Crippen molar-refractivity contribution in [3.63, 3.8) is 0 Å². The second kappa shape index (κ2) is 7.20. The highest BCUT2D eigenvalue weighted by atomic mass is 32.1. The van der Waals surface area contributed by atoms with Crippen LogP contribution in [0.5, 0.6) is 5.75 Å². The standard InChI is InChI=1S/C22H19N3O2S/c1-14(26-18-5-3-2-4-6-18)21-24-20(25-27-21)16-9-7-15(8-10-16)19-13-28-22(23-19)17-11-12-17/h2-10,13-14,17H,11-12H2,1H3/t14-/m0/s1. The lowest BCUT2D eigenvalue weighted by molar-refractivity contribution is 0.176. The van der Waals surface area contributed by atoms with Gasteiger partial charge < -0.3 is 9.26 Å². The summed E-state index contributed by atoms with van der Waals surface area (Å²) < 4.78 is 11.3. The van der Waals surface area contributed by atoms with Gasteiger partial charge in [0.25, 0.3) is 5.89 Å². The van der Waals surface area contributed by atoms with Crippen LogP contribution < -0.4 is 4.74 Å². The minimum absolute atomic E-state index is 0.321. The molecule has 1 saturated carbocycles. The maximum atomic E-state index is 5.85. The highest BCUT2D eigenvalue weighted by molar-refractivity contribution is 7.10. The number of aromatic nitrogens is 3. The van der Waals surface area contributed by atoms with Gasteiger partial charge in [-0.1, -0.05) is 47.6 Å². The van der Waals surface area contributed by atoms with Gasteiger partial charge in [0.2, 0.25) is 5.82 Å². The summed E-state index contributed by atoms with van der Waals surface area (Å²) in [6.45, 7) is 1.90. The van der Waals surface area contributed by atoms with Crippen molar-refractivity contribution in [3.8, 4) is 28.4 Å². The van der Waals surface area contributed by atoms with Crippen LogP contribution in [0.15, 0.2) is 64.5 Å². The minimum atomic E-state index is -0.321. The fourth-order valence-electron chi connectivity index (χ4n) is 3.00. The number of benzene rings is 2. The van der Waals surface area contributed by atoms with E-state index < -0.39 is 0 Å². The molecule has 1 aliphatic carbocycles. The first-order valence-corrected chi connectivity index (χ1v) is 10.3. The van der Waals surface area contributed by atoms with Crippen LogP contribution in [0.25, 0.3) is 22.6 Å². The van der Waals surface area contributed by atoms with Gasteiger partial charge in [0.1, 0.15) is 5.75 Å². The maximum Gasteiger partial charge on any atom is 0.267 e. The third-order valence-corrected chi connectivity index (χ3v) is 5.74. The van der Waals surface area contributed by atoms with E-state index >= 15 is 0 Å². The quantitative estimate of drug-likeness (QED) is 0.412. The van der Waals surface area contributed by atoms with E-state index in [1.54, 1.807) is 11.3 Å². The van der Waals surface area contributed by atoms with Gasteiger partial charge in [-0.3, -0.25) is 0 Å². The van der Waals surface area contributed by atoms with Crippen LogP contribution >= 0.6 is 11.3 Å². The molecule has 0 saturated heterocycles. The second-order valence-corrected chi connectivity index (χ2v) is 7.84. The molecule has 0 unspecified atom stereocenters. The third kappa shape index (κ3) is 3.55. The Kier molecular flexibility index (Phi) is 4.41. The zero-order valence-electron chi connectivity index (χ0n) is 15.4.